The molecule has 1 aromatic carbocycles. The van der Waals surface area contributed by atoms with Gasteiger partial charge >= 0.3 is 0 Å². The quantitative estimate of drug-likeness (QED) is 0.323. The van der Waals surface area contributed by atoms with Crippen molar-refractivity contribution in [2.24, 2.45) is 0 Å². The molecule has 0 spiro atoms. The molecule has 2 heterocycles. The third kappa shape index (κ3) is 3.39. The minimum absolute atomic E-state index is 0.0102. The molecule has 9 heteroatoms. The Morgan fingerprint density at radius 1 is 1.32 bits per heavy atom. The van der Waals surface area contributed by atoms with Crippen molar-refractivity contribution in [3.63, 3.8) is 0 Å². The van der Waals surface area contributed by atoms with Crippen molar-refractivity contribution in [3.8, 4) is 6.07 Å². The molecule has 142 valence electrons. The lowest BCUT2D eigenvalue weighted by molar-refractivity contribution is 0.420. The maximum atomic E-state index is 10.6. The zero-order valence-electron chi connectivity index (χ0n) is 14.8. The monoisotopic (exact) mass is 429 g/mol. The van der Waals surface area contributed by atoms with Gasteiger partial charge in [-0.1, -0.05) is 23.4 Å². The summed E-state index contributed by atoms with van der Waals surface area (Å²) in [6.45, 7) is 0. The number of fused-ring (bicyclic) bond motifs is 1. The molecule has 5 rings (SSSR count). The zero-order valence-corrected chi connectivity index (χ0v) is 17.2. The molecule has 0 radical (unpaired) electrons. The van der Waals surface area contributed by atoms with Gasteiger partial charge in [-0.3, -0.25) is 0 Å². The van der Waals surface area contributed by atoms with E-state index < -0.39 is 0 Å². The van der Waals surface area contributed by atoms with Crippen LogP contribution >= 0.6 is 34.7 Å². The molecular formula is C19H16ClN5OS2. The van der Waals surface area contributed by atoms with Crippen LogP contribution in [0.4, 0.5) is 0 Å². The van der Waals surface area contributed by atoms with Gasteiger partial charge in [0.05, 0.1) is 16.0 Å². The highest BCUT2D eigenvalue weighted by atomic mass is 35.5. The van der Waals surface area contributed by atoms with Gasteiger partial charge in [0.15, 0.2) is 5.16 Å². The van der Waals surface area contributed by atoms with Gasteiger partial charge in [0.2, 0.25) is 0 Å². The number of aromatic nitrogens is 4. The molecule has 0 atom stereocenters. The molecule has 3 aromatic rings. The summed E-state index contributed by atoms with van der Waals surface area (Å²) in [6.07, 6.45) is 4.68. The molecule has 1 N–H and O–H groups in total. The summed E-state index contributed by atoms with van der Waals surface area (Å²) in [5.74, 6) is 1.89. The molecule has 2 saturated carbocycles. The average Bonchev–Trinajstić information content (AvgIpc) is 3.61. The van der Waals surface area contributed by atoms with Gasteiger partial charge in [0.1, 0.15) is 28.2 Å². The number of benzene rings is 1. The summed E-state index contributed by atoms with van der Waals surface area (Å²) in [5.41, 5.74) is 0.924. The van der Waals surface area contributed by atoms with Crippen molar-refractivity contribution in [2.75, 3.05) is 5.75 Å². The first-order chi connectivity index (χ1) is 13.6. The Hall–Kier alpha value is -2.08. The highest BCUT2D eigenvalue weighted by Crippen LogP contribution is 2.46. The second-order valence-corrected chi connectivity index (χ2v) is 9.48. The van der Waals surface area contributed by atoms with E-state index in [1.165, 1.54) is 35.9 Å². The number of nitriles is 1. The van der Waals surface area contributed by atoms with Crippen LogP contribution in [0.3, 0.4) is 0 Å². The minimum atomic E-state index is 0.0102. The molecule has 0 saturated heterocycles. The number of nitrogens with zero attached hydrogens (tertiary/aromatic N) is 5. The number of aliphatic hydroxyl groups is 1. The summed E-state index contributed by atoms with van der Waals surface area (Å²) < 4.78 is 3.16. The van der Waals surface area contributed by atoms with Crippen LogP contribution in [-0.4, -0.2) is 30.6 Å². The highest BCUT2D eigenvalue weighted by Gasteiger charge is 2.36. The van der Waals surface area contributed by atoms with Gasteiger partial charge in [0, 0.05) is 17.0 Å². The Bertz CT molecular complexity index is 1140. The van der Waals surface area contributed by atoms with E-state index in [4.69, 9.17) is 11.6 Å². The molecule has 6 nitrogen and oxygen atoms in total. The summed E-state index contributed by atoms with van der Waals surface area (Å²) in [4.78, 5) is 4.46. The van der Waals surface area contributed by atoms with Crippen LogP contribution in [-0.2, 0) is 0 Å². The van der Waals surface area contributed by atoms with Gasteiger partial charge in [-0.2, -0.15) is 5.26 Å². The van der Waals surface area contributed by atoms with E-state index >= 15 is 0 Å². The predicted molar refractivity (Wildman–Crippen MR) is 111 cm³/mol. The van der Waals surface area contributed by atoms with E-state index in [9.17, 15) is 10.4 Å². The SMILES string of the molecule is N#CC(=C(O)CSc1nnc(C2CC2)n1C1CC1)c1nc2cc(Cl)ccc2s1. The smallest absolute Gasteiger partial charge is 0.191 e. The second-order valence-electron chi connectivity index (χ2n) is 7.07. The molecule has 0 aliphatic heterocycles. The van der Waals surface area contributed by atoms with Crippen LogP contribution < -0.4 is 0 Å². The molecule has 28 heavy (non-hydrogen) atoms. The van der Waals surface area contributed by atoms with Gasteiger partial charge in [-0.05, 0) is 43.9 Å². The van der Waals surface area contributed by atoms with Crippen molar-refractivity contribution in [1.82, 2.24) is 19.7 Å². The van der Waals surface area contributed by atoms with Crippen LogP contribution in [0.1, 0.15) is 48.5 Å². The predicted octanol–water partition coefficient (Wildman–Crippen LogP) is 5.34. The molecule has 2 aliphatic rings. The van der Waals surface area contributed by atoms with Crippen LogP contribution in [0.25, 0.3) is 15.8 Å². The van der Waals surface area contributed by atoms with Crippen LogP contribution in [0, 0.1) is 11.3 Å². The van der Waals surface area contributed by atoms with Crippen LogP contribution in [0.5, 0.6) is 0 Å². The van der Waals surface area contributed by atoms with Gasteiger partial charge < -0.3 is 9.67 Å². The topological polar surface area (TPSA) is 87.6 Å². The number of halogens is 1. The van der Waals surface area contributed by atoms with Crippen molar-refractivity contribution in [3.05, 3.63) is 39.8 Å². The van der Waals surface area contributed by atoms with Crippen molar-refractivity contribution >= 4 is 50.5 Å². The molecule has 2 aliphatic carbocycles. The maximum Gasteiger partial charge on any atom is 0.191 e. The summed E-state index contributed by atoms with van der Waals surface area (Å²) >= 11 is 8.81. The Labute approximate surface area is 174 Å². The average molecular weight is 430 g/mol. The normalized spacial score (nSPS) is 17.6. The first-order valence-corrected chi connectivity index (χ1v) is 11.3. The fourth-order valence-corrected chi connectivity index (χ4v) is 5.15. The number of thioether (sulfide) groups is 1. The fourth-order valence-electron chi connectivity index (χ4n) is 3.13. The van der Waals surface area contributed by atoms with E-state index in [-0.39, 0.29) is 17.1 Å². The summed E-state index contributed by atoms with van der Waals surface area (Å²) in [5, 5.41) is 30.8. The van der Waals surface area contributed by atoms with E-state index in [0.29, 0.717) is 22.0 Å². The Kier molecular flexibility index (Phi) is 4.54. The van der Waals surface area contributed by atoms with Gasteiger partial charge in [-0.15, -0.1) is 21.5 Å². The third-order valence-electron chi connectivity index (χ3n) is 4.85. The van der Waals surface area contributed by atoms with Crippen LogP contribution in [0.2, 0.25) is 5.02 Å². The number of rotatable bonds is 6. The Morgan fingerprint density at radius 2 is 2.14 bits per heavy atom. The first-order valence-electron chi connectivity index (χ1n) is 9.10. The fraction of sp³-hybridized carbons (Fsp3) is 0.368. The van der Waals surface area contributed by atoms with Crippen LogP contribution in [0.15, 0.2) is 29.1 Å². The van der Waals surface area contributed by atoms with Crippen molar-refractivity contribution < 1.29 is 5.11 Å². The lowest BCUT2D eigenvalue weighted by Gasteiger charge is -2.08. The zero-order chi connectivity index (χ0) is 19.3. The Balaban J connectivity index is 1.40. The van der Waals surface area contributed by atoms with Gasteiger partial charge in [0.25, 0.3) is 0 Å². The number of hydrogen-bond acceptors (Lipinski definition) is 7. The lowest BCUT2D eigenvalue weighted by atomic mass is 10.2. The molecular weight excluding hydrogens is 414 g/mol. The highest BCUT2D eigenvalue weighted by molar-refractivity contribution is 7.99. The van der Waals surface area contributed by atoms with E-state index in [1.54, 1.807) is 12.1 Å². The summed E-state index contributed by atoms with van der Waals surface area (Å²) in [6, 6.07) is 8.01. The van der Waals surface area contributed by atoms with Crippen molar-refractivity contribution in [1.29, 1.82) is 5.26 Å². The number of aliphatic hydroxyl groups excluding tert-OH is 1. The number of thiazole rings is 1. The molecule has 2 aromatic heterocycles. The van der Waals surface area contributed by atoms with E-state index in [0.717, 1.165) is 34.0 Å². The molecule has 0 unspecified atom stereocenters. The number of allylic oxidation sites excluding steroid dienone is 1. The summed E-state index contributed by atoms with van der Waals surface area (Å²) in [7, 11) is 0. The Morgan fingerprint density at radius 3 is 2.86 bits per heavy atom. The minimum Gasteiger partial charge on any atom is -0.510 e. The second kappa shape index (κ2) is 7.07. The largest absolute Gasteiger partial charge is 0.510 e. The van der Waals surface area contributed by atoms with Gasteiger partial charge in [-0.25, -0.2) is 4.98 Å². The molecule has 2 fully saturated rings. The number of hydrogen-bond donors (Lipinski definition) is 1. The third-order valence-corrected chi connectivity index (χ3v) is 7.09. The maximum absolute atomic E-state index is 10.6. The van der Waals surface area contributed by atoms with E-state index in [1.807, 2.05) is 6.07 Å². The lowest BCUT2D eigenvalue weighted by Crippen LogP contribution is -2.02. The molecule has 0 amide bonds. The van der Waals surface area contributed by atoms with E-state index in [2.05, 4.69) is 25.8 Å². The first kappa shape index (κ1) is 18.0. The molecule has 0 bridgehead atoms. The standard InChI is InChI=1S/C19H16ClN5OS2/c20-11-3-6-16-14(7-11)22-18(28-16)13(8-21)15(26)9-27-19-24-23-17(10-1-2-10)25(19)12-4-5-12/h3,6-7,10,12,26H,1-2,4-5,9H2. The van der Waals surface area contributed by atoms with Crippen molar-refractivity contribution in [2.45, 2.75) is 42.8 Å².